The Kier molecular flexibility index (Phi) is 4.85. The monoisotopic (exact) mass is 210 g/mol. The molecule has 1 heteroatoms. The van der Waals surface area contributed by atoms with Crippen molar-refractivity contribution in [1.29, 1.82) is 0 Å². The topological polar surface area (TPSA) is 16.6 Å². The molecule has 0 bridgehead atoms. The fourth-order valence-electron chi connectivity index (χ4n) is 2.89. The van der Waals surface area contributed by atoms with Crippen LogP contribution in [-0.2, 0) is 0 Å². The molecule has 0 aromatic rings. The van der Waals surface area contributed by atoms with Gasteiger partial charge in [0.25, 0.3) is 0 Å². The predicted octanol–water partition coefficient (Wildman–Crippen LogP) is 2.44. The molecular formula is C14H28N+. The number of hydrogen-bond acceptors (Lipinski definition) is 0. The van der Waals surface area contributed by atoms with Crippen molar-refractivity contribution in [2.45, 2.75) is 41.0 Å². The molecule has 0 amide bonds. The van der Waals surface area contributed by atoms with Gasteiger partial charge in [-0.1, -0.05) is 39.3 Å². The zero-order chi connectivity index (χ0) is 11.4. The first-order valence-corrected chi connectivity index (χ1v) is 6.49. The van der Waals surface area contributed by atoms with Gasteiger partial charge in [-0.25, -0.2) is 0 Å². The second kappa shape index (κ2) is 5.69. The maximum absolute atomic E-state index is 2.51. The van der Waals surface area contributed by atoms with Crippen LogP contribution in [0.2, 0.25) is 0 Å². The van der Waals surface area contributed by atoms with Crippen LogP contribution in [0.15, 0.2) is 11.6 Å². The molecule has 0 spiro atoms. The highest BCUT2D eigenvalue weighted by Crippen LogP contribution is 2.32. The standard InChI is InChI=1S/C14H27N/c1-10(2)8-15-9-14-12(4)6-11(3)7-13(14)5/h6,10,12-15H,7-9H2,1-5H3/p+1/t12-,13+,14+/m1/s1. The van der Waals surface area contributed by atoms with Gasteiger partial charge < -0.3 is 5.32 Å². The van der Waals surface area contributed by atoms with Crippen LogP contribution < -0.4 is 5.32 Å². The van der Waals surface area contributed by atoms with Gasteiger partial charge in [0.2, 0.25) is 0 Å². The van der Waals surface area contributed by atoms with Crippen LogP contribution in [0.1, 0.15) is 41.0 Å². The molecule has 1 aliphatic rings. The minimum Gasteiger partial charge on any atom is -0.346 e. The summed E-state index contributed by atoms with van der Waals surface area (Å²) in [5, 5.41) is 2.51. The Bertz CT molecular complexity index is 217. The highest BCUT2D eigenvalue weighted by molar-refractivity contribution is 5.07. The van der Waals surface area contributed by atoms with Gasteiger partial charge in [0.15, 0.2) is 0 Å². The maximum Gasteiger partial charge on any atom is 0.0792 e. The molecule has 3 atom stereocenters. The second-order valence-corrected chi connectivity index (χ2v) is 5.87. The van der Waals surface area contributed by atoms with Gasteiger partial charge in [-0.2, -0.15) is 0 Å². The molecule has 0 saturated carbocycles. The summed E-state index contributed by atoms with van der Waals surface area (Å²) in [6, 6.07) is 0. The third-order valence-corrected chi connectivity index (χ3v) is 3.67. The minimum absolute atomic E-state index is 0.775. The normalized spacial score (nSPS) is 31.9. The Morgan fingerprint density at radius 1 is 1.40 bits per heavy atom. The second-order valence-electron chi connectivity index (χ2n) is 5.87. The van der Waals surface area contributed by atoms with E-state index in [0.717, 1.165) is 23.7 Å². The first-order chi connectivity index (χ1) is 7.00. The van der Waals surface area contributed by atoms with E-state index in [1.165, 1.54) is 19.5 Å². The zero-order valence-corrected chi connectivity index (χ0v) is 11.1. The molecule has 88 valence electrons. The third kappa shape index (κ3) is 3.98. The molecule has 1 aliphatic carbocycles. The summed E-state index contributed by atoms with van der Waals surface area (Å²) in [5.74, 6) is 3.34. The van der Waals surface area contributed by atoms with Crippen LogP contribution in [0.3, 0.4) is 0 Å². The zero-order valence-electron chi connectivity index (χ0n) is 11.1. The van der Waals surface area contributed by atoms with Gasteiger partial charge in [0.05, 0.1) is 13.1 Å². The molecule has 0 aromatic heterocycles. The highest BCUT2D eigenvalue weighted by atomic mass is 14.9. The molecule has 0 saturated heterocycles. The van der Waals surface area contributed by atoms with Gasteiger partial charge in [-0.05, 0) is 25.2 Å². The van der Waals surface area contributed by atoms with E-state index in [9.17, 15) is 0 Å². The van der Waals surface area contributed by atoms with Gasteiger partial charge >= 0.3 is 0 Å². The van der Waals surface area contributed by atoms with Gasteiger partial charge in [-0.3, -0.25) is 0 Å². The van der Waals surface area contributed by atoms with Crippen molar-refractivity contribution in [3.63, 3.8) is 0 Å². The van der Waals surface area contributed by atoms with E-state index in [-0.39, 0.29) is 0 Å². The van der Waals surface area contributed by atoms with Gasteiger partial charge in [0.1, 0.15) is 0 Å². The third-order valence-electron chi connectivity index (χ3n) is 3.67. The molecule has 0 aliphatic heterocycles. The lowest BCUT2D eigenvalue weighted by Gasteiger charge is -2.31. The average Bonchev–Trinajstić information content (AvgIpc) is 2.08. The lowest BCUT2D eigenvalue weighted by molar-refractivity contribution is -0.666. The van der Waals surface area contributed by atoms with Crippen molar-refractivity contribution < 1.29 is 5.32 Å². The molecule has 2 N–H and O–H groups in total. The molecule has 0 aromatic carbocycles. The fraction of sp³-hybridized carbons (Fsp3) is 0.857. The molecule has 0 fully saturated rings. The van der Waals surface area contributed by atoms with Crippen LogP contribution in [0.5, 0.6) is 0 Å². The van der Waals surface area contributed by atoms with Crippen molar-refractivity contribution in [2.75, 3.05) is 13.1 Å². The van der Waals surface area contributed by atoms with E-state index in [0.29, 0.717) is 0 Å². The van der Waals surface area contributed by atoms with E-state index in [1.807, 2.05) is 0 Å². The van der Waals surface area contributed by atoms with Crippen LogP contribution in [0, 0.1) is 23.7 Å². The lowest BCUT2D eigenvalue weighted by atomic mass is 9.75. The number of allylic oxidation sites excluding steroid dienone is 2. The van der Waals surface area contributed by atoms with Gasteiger partial charge in [0, 0.05) is 11.8 Å². The fourth-order valence-corrected chi connectivity index (χ4v) is 2.89. The van der Waals surface area contributed by atoms with Crippen molar-refractivity contribution in [2.24, 2.45) is 23.7 Å². The molecule has 0 radical (unpaired) electrons. The summed E-state index contributed by atoms with van der Waals surface area (Å²) in [6.07, 6.45) is 3.79. The Morgan fingerprint density at radius 3 is 2.60 bits per heavy atom. The van der Waals surface area contributed by atoms with E-state index in [2.05, 4.69) is 46.0 Å². The largest absolute Gasteiger partial charge is 0.346 e. The van der Waals surface area contributed by atoms with Gasteiger partial charge in [-0.15, -0.1) is 0 Å². The quantitative estimate of drug-likeness (QED) is 0.686. The van der Waals surface area contributed by atoms with E-state index in [4.69, 9.17) is 0 Å². The van der Waals surface area contributed by atoms with Crippen LogP contribution in [0.25, 0.3) is 0 Å². The van der Waals surface area contributed by atoms with Crippen molar-refractivity contribution >= 4 is 0 Å². The van der Waals surface area contributed by atoms with E-state index in [1.54, 1.807) is 5.57 Å². The van der Waals surface area contributed by atoms with Crippen molar-refractivity contribution in [3.05, 3.63) is 11.6 Å². The molecular weight excluding hydrogens is 182 g/mol. The summed E-state index contributed by atoms with van der Waals surface area (Å²) < 4.78 is 0. The first-order valence-electron chi connectivity index (χ1n) is 6.49. The Balaban J connectivity index is 2.40. The summed E-state index contributed by atoms with van der Waals surface area (Å²) in [5.41, 5.74) is 1.59. The Labute approximate surface area is 95.3 Å². The van der Waals surface area contributed by atoms with E-state index >= 15 is 0 Å². The summed E-state index contributed by atoms with van der Waals surface area (Å²) in [6.45, 7) is 14.3. The Hall–Kier alpha value is -0.300. The minimum atomic E-state index is 0.775. The smallest absolute Gasteiger partial charge is 0.0792 e. The SMILES string of the molecule is CC1=C[C@@H](C)[C@H](C[NH2+]CC(C)C)[C@@H](C)C1. The average molecular weight is 210 g/mol. The number of hydrogen-bond donors (Lipinski definition) is 1. The molecule has 1 rings (SSSR count). The molecule has 15 heavy (non-hydrogen) atoms. The van der Waals surface area contributed by atoms with Crippen LogP contribution in [0.4, 0.5) is 0 Å². The highest BCUT2D eigenvalue weighted by Gasteiger charge is 2.27. The number of quaternary nitrogens is 1. The van der Waals surface area contributed by atoms with Crippen LogP contribution >= 0.6 is 0 Å². The first kappa shape index (κ1) is 12.8. The Morgan fingerprint density at radius 2 is 2.07 bits per heavy atom. The van der Waals surface area contributed by atoms with Crippen molar-refractivity contribution in [3.8, 4) is 0 Å². The maximum atomic E-state index is 2.51. The summed E-state index contributed by atoms with van der Waals surface area (Å²) in [7, 11) is 0. The van der Waals surface area contributed by atoms with Crippen molar-refractivity contribution in [1.82, 2.24) is 0 Å². The van der Waals surface area contributed by atoms with E-state index < -0.39 is 0 Å². The number of rotatable bonds is 4. The summed E-state index contributed by atoms with van der Waals surface area (Å²) >= 11 is 0. The van der Waals surface area contributed by atoms with Crippen LogP contribution in [-0.4, -0.2) is 13.1 Å². The summed E-state index contributed by atoms with van der Waals surface area (Å²) in [4.78, 5) is 0. The molecule has 0 heterocycles. The lowest BCUT2D eigenvalue weighted by Crippen LogP contribution is -2.87. The predicted molar refractivity (Wildman–Crippen MR) is 66.7 cm³/mol. The number of nitrogens with two attached hydrogens (primary N) is 1. The molecule has 1 nitrogen and oxygen atoms in total. The molecule has 0 unspecified atom stereocenters.